The Balaban J connectivity index is 1.66. The normalized spacial score (nSPS) is 11.7. The summed E-state index contributed by atoms with van der Waals surface area (Å²) in [5, 5.41) is 12.7. The quantitative estimate of drug-likeness (QED) is 0.532. The fraction of sp³-hybridized carbons (Fsp3) is 0.136. The van der Waals surface area contributed by atoms with Crippen LogP contribution in [0, 0.1) is 11.6 Å². The summed E-state index contributed by atoms with van der Waals surface area (Å²) >= 11 is 3.45. The minimum absolute atomic E-state index is 0.0924. The average molecular weight is 462 g/mol. The molecular weight excluding hydrogens is 444 g/mol. The molecule has 0 saturated carbocycles. The van der Waals surface area contributed by atoms with Crippen LogP contribution in [0.2, 0.25) is 0 Å². The summed E-state index contributed by atoms with van der Waals surface area (Å²) in [4.78, 5) is 12.6. The first-order valence-electron chi connectivity index (χ1n) is 8.82. The summed E-state index contributed by atoms with van der Waals surface area (Å²) < 4.78 is 33.5. The highest BCUT2D eigenvalue weighted by molar-refractivity contribution is 9.10. The lowest BCUT2D eigenvalue weighted by atomic mass is 10.1. The van der Waals surface area contributed by atoms with Crippen molar-refractivity contribution in [2.45, 2.75) is 12.7 Å². The molecule has 3 aromatic rings. The Labute approximate surface area is 175 Å². The molecule has 4 nitrogen and oxygen atoms in total. The second-order valence-corrected chi connectivity index (χ2v) is 7.12. The lowest BCUT2D eigenvalue weighted by Gasteiger charge is -2.15. The van der Waals surface area contributed by atoms with Crippen molar-refractivity contribution in [1.82, 2.24) is 5.32 Å². The summed E-state index contributed by atoms with van der Waals surface area (Å²) in [7, 11) is 0. The fourth-order valence-electron chi connectivity index (χ4n) is 2.72. The summed E-state index contributed by atoms with van der Waals surface area (Å²) in [5.41, 5.74) is 1.11. The zero-order valence-corrected chi connectivity index (χ0v) is 16.8. The van der Waals surface area contributed by atoms with Crippen molar-refractivity contribution < 1.29 is 23.4 Å². The number of aliphatic hydroxyl groups excluding tert-OH is 1. The van der Waals surface area contributed by atoms with Crippen LogP contribution in [0.5, 0.6) is 5.75 Å². The van der Waals surface area contributed by atoms with Crippen LogP contribution in [0.1, 0.15) is 27.6 Å². The minimum Gasteiger partial charge on any atom is -0.488 e. The number of para-hydroxylation sites is 1. The predicted octanol–water partition coefficient (Wildman–Crippen LogP) is 4.77. The molecule has 2 N–H and O–H groups in total. The van der Waals surface area contributed by atoms with Crippen molar-refractivity contribution >= 4 is 21.8 Å². The summed E-state index contributed by atoms with van der Waals surface area (Å²) in [5.74, 6) is -1.71. The molecule has 1 unspecified atom stereocenters. The number of amides is 1. The number of halogens is 3. The number of carbonyl (C=O) groups excluding carboxylic acids is 1. The van der Waals surface area contributed by atoms with Crippen LogP contribution >= 0.6 is 15.9 Å². The highest BCUT2D eigenvalue weighted by atomic mass is 79.9. The van der Waals surface area contributed by atoms with E-state index >= 15 is 0 Å². The van der Waals surface area contributed by atoms with Crippen molar-refractivity contribution in [3.05, 3.63) is 99.5 Å². The van der Waals surface area contributed by atoms with Gasteiger partial charge < -0.3 is 15.2 Å². The second-order valence-electron chi connectivity index (χ2n) is 6.27. The first-order valence-corrected chi connectivity index (χ1v) is 9.61. The highest BCUT2D eigenvalue weighted by Crippen LogP contribution is 2.23. The van der Waals surface area contributed by atoms with Crippen LogP contribution in [-0.4, -0.2) is 17.6 Å². The van der Waals surface area contributed by atoms with Crippen molar-refractivity contribution in [2.75, 3.05) is 6.54 Å². The molecule has 1 amide bonds. The van der Waals surface area contributed by atoms with Gasteiger partial charge in [-0.1, -0.05) is 52.3 Å². The Kier molecular flexibility index (Phi) is 6.95. The average Bonchev–Trinajstić information content (AvgIpc) is 2.71. The molecule has 1 atom stereocenters. The van der Waals surface area contributed by atoms with E-state index in [-0.39, 0.29) is 24.3 Å². The van der Waals surface area contributed by atoms with Gasteiger partial charge in [0.05, 0.1) is 11.7 Å². The Morgan fingerprint density at radius 2 is 1.79 bits per heavy atom. The van der Waals surface area contributed by atoms with Crippen molar-refractivity contribution in [3.8, 4) is 5.75 Å². The number of ether oxygens (including phenoxy) is 1. The van der Waals surface area contributed by atoms with Gasteiger partial charge in [-0.25, -0.2) is 8.78 Å². The van der Waals surface area contributed by atoms with Gasteiger partial charge in [0.2, 0.25) is 0 Å². The first kappa shape index (κ1) is 21.0. The zero-order chi connectivity index (χ0) is 20.8. The maximum absolute atomic E-state index is 13.8. The van der Waals surface area contributed by atoms with Crippen molar-refractivity contribution in [3.63, 3.8) is 0 Å². The Morgan fingerprint density at radius 3 is 2.55 bits per heavy atom. The van der Waals surface area contributed by atoms with E-state index in [0.717, 1.165) is 22.2 Å². The third kappa shape index (κ3) is 5.40. The van der Waals surface area contributed by atoms with Crippen LogP contribution in [0.4, 0.5) is 8.78 Å². The van der Waals surface area contributed by atoms with Crippen LogP contribution in [0.3, 0.4) is 0 Å². The zero-order valence-electron chi connectivity index (χ0n) is 15.2. The summed E-state index contributed by atoms with van der Waals surface area (Å²) in [6.45, 7) is 0.0229. The minimum atomic E-state index is -1.31. The van der Waals surface area contributed by atoms with E-state index in [4.69, 9.17) is 4.74 Å². The van der Waals surface area contributed by atoms with E-state index < -0.39 is 23.6 Å². The molecule has 0 aliphatic heterocycles. The van der Waals surface area contributed by atoms with E-state index in [1.807, 2.05) is 24.3 Å². The number of benzene rings is 3. The largest absolute Gasteiger partial charge is 0.488 e. The molecule has 0 bridgehead atoms. The highest BCUT2D eigenvalue weighted by Gasteiger charge is 2.17. The smallest absolute Gasteiger partial charge is 0.255 e. The molecule has 0 radical (unpaired) electrons. The Bertz CT molecular complexity index is 1010. The van der Waals surface area contributed by atoms with Gasteiger partial charge in [-0.2, -0.15) is 0 Å². The SMILES string of the molecule is O=C(NCC(O)c1ccc(F)cc1F)c1ccccc1OCc1ccccc1Br. The van der Waals surface area contributed by atoms with Gasteiger partial charge in [-0.05, 0) is 24.3 Å². The summed E-state index contributed by atoms with van der Waals surface area (Å²) in [6, 6.07) is 17.2. The maximum Gasteiger partial charge on any atom is 0.255 e. The molecule has 0 spiro atoms. The molecule has 7 heteroatoms. The van der Waals surface area contributed by atoms with Gasteiger partial charge >= 0.3 is 0 Å². The van der Waals surface area contributed by atoms with Crippen molar-refractivity contribution in [2.24, 2.45) is 0 Å². The van der Waals surface area contributed by atoms with E-state index in [2.05, 4.69) is 21.2 Å². The molecule has 0 fully saturated rings. The number of hydrogen-bond donors (Lipinski definition) is 2. The van der Waals surface area contributed by atoms with E-state index in [1.165, 1.54) is 0 Å². The molecule has 3 aromatic carbocycles. The Morgan fingerprint density at radius 1 is 1.07 bits per heavy atom. The van der Waals surface area contributed by atoms with Crippen LogP contribution in [-0.2, 0) is 6.61 Å². The number of rotatable bonds is 7. The van der Waals surface area contributed by atoms with Crippen LogP contribution < -0.4 is 10.1 Å². The molecule has 3 rings (SSSR count). The fourth-order valence-corrected chi connectivity index (χ4v) is 3.12. The number of aliphatic hydroxyl groups is 1. The second kappa shape index (κ2) is 9.62. The molecule has 29 heavy (non-hydrogen) atoms. The molecule has 150 valence electrons. The van der Waals surface area contributed by atoms with Gasteiger partial charge in [0.15, 0.2) is 0 Å². The topological polar surface area (TPSA) is 58.6 Å². The predicted molar refractivity (Wildman–Crippen MR) is 109 cm³/mol. The van der Waals surface area contributed by atoms with Gasteiger partial charge in [-0.15, -0.1) is 0 Å². The first-order chi connectivity index (χ1) is 14.0. The molecule has 0 heterocycles. The lowest BCUT2D eigenvalue weighted by molar-refractivity contribution is 0.0909. The third-order valence-corrected chi connectivity index (χ3v) is 5.02. The number of carbonyl (C=O) groups is 1. The monoisotopic (exact) mass is 461 g/mol. The molecule has 0 aliphatic carbocycles. The third-order valence-electron chi connectivity index (χ3n) is 4.25. The summed E-state index contributed by atoms with van der Waals surface area (Å²) in [6.07, 6.45) is -1.31. The molecular formula is C22H18BrF2NO3. The van der Waals surface area contributed by atoms with Crippen LogP contribution in [0.25, 0.3) is 0 Å². The molecule has 0 aliphatic rings. The van der Waals surface area contributed by atoms with E-state index in [9.17, 15) is 18.7 Å². The van der Waals surface area contributed by atoms with E-state index in [0.29, 0.717) is 11.8 Å². The molecule has 0 aromatic heterocycles. The van der Waals surface area contributed by atoms with E-state index in [1.54, 1.807) is 24.3 Å². The van der Waals surface area contributed by atoms with Gasteiger partial charge in [0.25, 0.3) is 5.91 Å². The van der Waals surface area contributed by atoms with Gasteiger partial charge in [0, 0.05) is 28.2 Å². The lowest BCUT2D eigenvalue weighted by Crippen LogP contribution is -2.29. The van der Waals surface area contributed by atoms with Crippen molar-refractivity contribution in [1.29, 1.82) is 0 Å². The van der Waals surface area contributed by atoms with Gasteiger partial charge in [-0.3, -0.25) is 4.79 Å². The number of hydrogen-bond acceptors (Lipinski definition) is 3. The van der Waals surface area contributed by atoms with Crippen LogP contribution in [0.15, 0.2) is 71.2 Å². The maximum atomic E-state index is 13.8. The number of nitrogens with one attached hydrogen (secondary N) is 1. The molecule has 0 saturated heterocycles. The van der Waals surface area contributed by atoms with Gasteiger partial charge in [0.1, 0.15) is 24.0 Å². The Hall–Kier alpha value is -2.77. The standard InChI is InChI=1S/C22H18BrF2NO3/c23-18-7-3-1-5-14(18)13-29-21-8-4-2-6-17(21)22(28)26-12-20(27)16-10-9-15(24)11-19(16)25/h1-11,20,27H,12-13H2,(H,26,28).